The third-order valence-electron chi connectivity index (χ3n) is 6.04. The minimum atomic E-state index is -0.413. The summed E-state index contributed by atoms with van der Waals surface area (Å²) in [5, 5.41) is 3.17. The minimum absolute atomic E-state index is 0.141. The van der Waals surface area contributed by atoms with E-state index in [1.807, 2.05) is 19.9 Å². The molecule has 32 heavy (non-hydrogen) atoms. The number of nitrogens with one attached hydrogen (secondary N) is 1. The van der Waals surface area contributed by atoms with Gasteiger partial charge in [0.15, 0.2) is 5.69 Å². The van der Waals surface area contributed by atoms with Gasteiger partial charge in [-0.3, -0.25) is 14.6 Å². The van der Waals surface area contributed by atoms with Crippen LogP contribution in [0.15, 0.2) is 24.5 Å². The highest BCUT2D eigenvalue weighted by Gasteiger charge is 2.37. The molecular weight excluding hydrogens is 429 g/mol. The maximum absolute atomic E-state index is 13.5. The van der Waals surface area contributed by atoms with Crippen LogP contribution in [-0.2, 0) is 4.79 Å². The zero-order valence-electron chi connectivity index (χ0n) is 18.0. The van der Waals surface area contributed by atoms with Gasteiger partial charge in [-0.2, -0.15) is 0 Å². The van der Waals surface area contributed by atoms with E-state index < -0.39 is 5.82 Å². The molecule has 0 spiro atoms. The van der Waals surface area contributed by atoms with Crippen molar-refractivity contribution in [2.75, 3.05) is 18.4 Å². The molecule has 1 aliphatic carbocycles. The van der Waals surface area contributed by atoms with Gasteiger partial charge in [0, 0.05) is 42.4 Å². The van der Waals surface area contributed by atoms with Crippen LogP contribution >= 0.6 is 11.3 Å². The molecule has 3 aromatic heterocycles. The normalized spacial score (nSPS) is 17.3. The van der Waals surface area contributed by atoms with Crippen LogP contribution < -0.4 is 5.32 Å². The number of thiophene rings is 1. The monoisotopic (exact) mass is 453 g/mol. The van der Waals surface area contributed by atoms with Gasteiger partial charge in [-0.05, 0) is 44.4 Å². The van der Waals surface area contributed by atoms with E-state index in [1.54, 1.807) is 11.1 Å². The van der Waals surface area contributed by atoms with Crippen LogP contribution in [-0.4, -0.2) is 44.6 Å². The van der Waals surface area contributed by atoms with Gasteiger partial charge >= 0.3 is 0 Å². The molecule has 166 valence electrons. The van der Waals surface area contributed by atoms with E-state index >= 15 is 0 Å². The molecule has 0 bridgehead atoms. The van der Waals surface area contributed by atoms with Crippen molar-refractivity contribution in [2.45, 2.75) is 39.2 Å². The lowest BCUT2D eigenvalue weighted by atomic mass is 9.92. The highest BCUT2D eigenvalue weighted by molar-refractivity contribution is 7.19. The van der Waals surface area contributed by atoms with E-state index in [4.69, 9.17) is 0 Å². The van der Waals surface area contributed by atoms with Crippen LogP contribution in [0.25, 0.3) is 10.2 Å². The van der Waals surface area contributed by atoms with Gasteiger partial charge in [0.05, 0.1) is 22.5 Å². The first-order valence-corrected chi connectivity index (χ1v) is 11.7. The fourth-order valence-corrected chi connectivity index (χ4v) is 5.00. The number of carbonyl (C=O) groups excluding carboxylic acids is 2. The number of Topliss-reactive ketones (excluding diaryl/α,β-unsaturated/α-hetero) is 1. The summed E-state index contributed by atoms with van der Waals surface area (Å²) in [6, 6.07) is 3.05. The number of hydrogen-bond acceptors (Lipinski definition) is 7. The van der Waals surface area contributed by atoms with Gasteiger partial charge in [-0.1, -0.05) is 0 Å². The van der Waals surface area contributed by atoms with Crippen molar-refractivity contribution >= 4 is 39.2 Å². The van der Waals surface area contributed by atoms with Crippen LogP contribution in [0.4, 0.5) is 10.3 Å². The Morgan fingerprint density at radius 1 is 1.25 bits per heavy atom. The van der Waals surface area contributed by atoms with Crippen LogP contribution in [0, 0.1) is 24.6 Å². The summed E-state index contributed by atoms with van der Waals surface area (Å²) in [6.45, 7) is 5.00. The summed E-state index contributed by atoms with van der Waals surface area (Å²) in [5.74, 6) is 0.609. The molecule has 9 heteroatoms. The van der Waals surface area contributed by atoms with E-state index in [1.165, 1.54) is 17.4 Å². The number of likely N-dealkylation sites (tertiary alicyclic amines) is 1. The standard InChI is InChI=1S/C23H24FN5O2S/c1-12-5-18-21(32-12)20(22(31)29-10-14(11-29)6-19(30)15-3-4-15)28-23(27-18)26-13(2)16-7-17(24)9-25-8-16/h5,7-9,13-15H,3-4,6,10-11H2,1-2H3,(H,26,27,28)/t13-/m0/s1. The number of aromatic nitrogens is 3. The SMILES string of the molecule is Cc1cc2nc(N[C@@H](C)c3cncc(F)c3)nc(C(=O)N3CC(CC(=O)C4CC4)C3)c2s1. The second-order valence-corrected chi connectivity index (χ2v) is 10.0. The summed E-state index contributed by atoms with van der Waals surface area (Å²) in [5.41, 5.74) is 1.74. The maximum Gasteiger partial charge on any atom is 0.274 e. The molecule has 1 atom stereocenters. The van der Waals surface area contributed by atoms with Gasteiger partial charge < -0.3 is 10.2 Å². The van der Waals surface area contributed by atoms with Crippen molar-refractivity contribution < 1.29 is 14.0 Å². The zero-order valence-corrected chi connectivity index (χ0v) is 18.8. The topological polar surface area (TPSA) is 88.1 Å². The van der Waals surface area contributed by atoms with E-state index in [-0.39, 0.29) is 23.8 Å². The Labute approximate surface area is 189 Å². The van der Waals surface area contributed by atoms with Crippen molar-refractivity contribution in [2.24, 2.45) is 11.8 Å². The number of ketones is 1. The smallest absolute Gasteiger partial charge is 0.274 e. The second-order valence-electron chi connectivity index (χ2n) is 8.79. The summed E-state index contributed by atoms with van der Waals surface area (Å²) >= 11 is 1.49. The Bertz CT molecular complexity index is 1200. The number of amides is 1. The number of rotatable bonds is 7. The Morgan fingerprint density at radius 3 is 2.75 bits per heavy atom. The number of carbonyl (C=O) groups is 2. The average Bonchev–Trinajstić information content (AvgIpc) is 3.51. The van der Waals surface area contributed by atoms with E-state index in [2.05, 4.69) is 20.3 Å². The molecule has 0 aromatic carbocycles. The molecule has 1 amide bonds. The molecule has 1 saturated carbocycles. The van der Waals surface area contributed by atoms with Crippen LogP contribution in [0.3, 0.4) is 0 Å². The number of halogens is 1. The Hall–Kier alpha value is -2.94. The molecular formula is C23H24FN5O2S. The van der Waals surface area contributed by atoms with Gasteiger partial charge in [-0.15, -0.1) is 11.3 Å². The molecule has 2 fully saturated rings. The lowest BCUT2D eigenvalue weighted by Crippen LogP contribution is -2.50. The molecule has 0 radical (unpaired) electrons. The minimum Gasteiger partial charge on any atom is -0.348 e. The van der Waals surface area contributed by atoms with Crippen molar-refractivity contribution in [3.05, 3.63) is 46.5 Å². The molecule has 1 N–H and O–H groups in total. The molecule has 0 unspecified atom stereocenters. The first-order valence-electron chi connectivity index (χ1n) is 10.8. The lowest BCUT2D eigenvalue weighted by Gasteiger charge is -2.39. The highest BCUT2D eigenvalue weighted by Crippen LogP contribution is 2.35. The van der Waals surface area contributed by atoms with Crippen molar-refractivity contribution in [3.63, 3.8) is 0 Å². The number of anilines is 1. The van der Waals surface area contributed by atoms with Gasteiger partial charge in [0.25, 0.3) is 5.91 Å². The highest BCUT2D eigenvalue weighted by atomic mass is 32.1. The lowest BCUT2D eigenvalue weighted by molar-refractivity contribution is -0.122. The predicted molar refractivity (Wildman–Crippen MR) is 120 cm³/mol. The van der Waals surface area contributed by atoms with Gasteiger partial charge in [0.1, 0.15) is 11.6 Å². The van der Waals surface area contributed by atoms with Crippen LogP contribution in [0.5, 0.6) is 0 Å². The Morgan fingerprint density at radius 2 is 2.03 bits per heavy atom. The number of hydrogen-bond donors (Lipinski definition) is 1. The van der Waals surface area contributed by atoms with Crippen molar-refractivity contribution in [1.82, 2.24) is 19.9 Å². The van der Waals surface area contributed by atoms with Crippen molar-refractivity contribution in [1.29, 1.82) is 0 Å². The van der Waals surface area contributed by atoms with Gasteiger partial charge in [0.2, 0.25) is 5.95 Å². The average molecular weight is 454 g/mol. The largest absolute Gasteiger partial charge is 0.348 e. The number of nitrogens with zero attached hydrogens (tertiary/aromatic N) is 4. The first-order chi connectivity index (χ1) is 15.4. The zero-order chi connectivity index (χ0) is 22.4. The molecule has 5 rings (SSSR count). The van der Waals surface area contributed by atoms with Crippen LogP contribution in [0.2, 0.25) is 0 Å². The molecule has 3 aromatic rings. The second kappa shape index (κ2) is 8.20. The molecule has 7 nitrogen and oxygen atoms in total. The quantitative estimate of drug-likeness (QED) is 0.578. The predicted octanol–water partition coefficient (Wildman–Crippen LogP) is 4.15. The number of aryl methyl sites for hydroxylation is 1. The number of fused-ring (bicyclic) bond motifs is 1. The Balaban J connectivity index is 1.35. The van der Waals surface area contributed by atoms with E-state index in [0.29, 0.717) is 48.0 Å². The summed E-state index contributed by atoms with van der Waals surface area (Å²) in [6.07, 6.45) is 5.35. The molecule has 1 aliphatic heterocycles. The summed E-state index contributed by atoms with van der Waals surface area (Å²) in [7, 11) is 0. The Kier molecular flexibility index (Phi) is 5.36. The van der Waals surface area contributed by atoms with Crippen LogP contribution in [0.1, 0.15) is 53.2 Å². The summed E-state index contributed by atoms with van der Waals surface area (Å²) in [4.78, 5) is 41.1. The fourth-order valence-electron chi connectivity index (χ4n) is 4.07. The number of pyridine rings is 1. The molecule has 1 saturated heterocycles. The summed E-state index contributed by atoms with van der Waals surface area (Å²) < 4.78 is 14.3. The maximum atomic E-state index is 13.5. The van der Waals surface area contributed by atoms with E-state index in [0.717, 1.165) is 28.6 Å². The fraction of sp³-hybridized carbons (Fsp3) is 0.435. The van der Waals surface area contributed by atoms with Crippen molar-refractivity contribution in [3.8, 4) is 0 Å². The molecule has 2 aliphatic rings. The van der Waals surface area contributed by atoms with E-state index in [9.17, 15) is 14.0 Å². The first kappa shape index (κ1) is 20.9. The molecule has 4 heterocycles. The third kappa shape index (κ3) is 4.21. The third-order valence-corrected chi connectivity index (χ3v) is 7.08. The van der Waals surface area contributed by atoms with Gasteiger partial charge in [-0.25, -0.2) is 14.4 Å².